The van der Waals surface area contributed by atoms with Crippen LogP contribution in [0.5, 0.6) is 5.75 Å². The molecule has 0 bridgehead atoms. The number of carbonyl (C=O) groups excluding carboxylic acids is 1. The summed E-state index contributed by atoms with van der Waals surface area (Å²) in [5.74, 6) is 2.06. The minimum Gasteiger partial charge on any atom is -0.486 e. The quantitative estimate of drug-likeness (QED) is 0.266. The SMILES string of the molecule is CCc1ccc(OCc2ccc(/C=C/C(=O)c3ccc(-n4cccc4)cc3)o2)cc1. The van der Waals surface area contributed by atoms with Gasteiger partial charge in [0.2, 0.25) is 0 Å². The fraction of sp³-hybridized carbons (Fsp3) is 0.115. The van der Waals surface area contributed by atoms with Crippen LogP contribution in [-0.2, 0) is 13.0 Å². The van der Waals surface area contributed by atoms with Crippen LogP contribution < -0.4 is 4.74 Å². The maximum Gasteiger partial charge on any atom is 0.185 e. The van der Waals surface area contributed by atoms with Crippen molar-refractivity contribution in [3.05, 3.63) is 114 Å². The molecule has 0 saturated carbocycles. The Morgan fingerprint density at radius 3 is 2.40 bits per heavy atom. The first kappa shape index (κ1) is 19.5. The van der Waals surface area contributed by atoms with Crippen LogP contribution in [0.3, 0.4) is 0 Å². The minimum absolute atomic E-state index is 0.0701. The van der Waals surface area contributed by atoms with E-state index in [9.17, 15) is 4.79 Å². The van der Waals surface area contributed by atoms with Crippen molar-refractivity contribution in [2.75, 3.05) is 0 Å². The Labute approximate surface area is 176 Å². The van der Waals surface area contributed by atoms with Crippen molar-refractivity contribution < 1.29 is 13.9 Å². The highest BCUT2D eigenvalue weighted by atomic mass is 16.5. The maximum atomic E-state index is 12.4. The highest BCUT2D eigenvalue weighted by molar-refractivity contribution is 6.06. The lowest BCUT2D eigenvalue weighted by atomic mass is 10.1. The van der Waals surface area contributed by atoms with Gasteiger partial charge >= 0.3 is 0 Å². The largest absolute Gasteiger partial charge is 0.486 e. The minimum atomic E-state index is -0.0701. The van der Waals surface area contributed by atoms with Crippen LogP contribution in [0.4, 0.5) is 0 Å². The Hall–Kier alpha value is -3.79. The van der Waals surface area contributed by atoms with E-state index in [1.807, 2.05) is 77.6 Å². The van der Waals surface area contributed by atoms with Crippen molar-refractivity contribution >= 4 is 11.9 Å². The molecule has 4 heteroatoms. The normalized spacial score (nSPS) is 11.1. The molecule has 0 unspecified atom stereocenters. The summed E-state index contributed by atoms with van der Waals surface area (Å²) in [5, 5.41) is 0. The number of aromatic nitrogens is 1. The Morgan fingerprint density at radius 2 is 1.70 bits per heavy atom. The van der Waals surface area contributed by atoms with Crippen LogP contribution in [0, 0.1) is 0 Å². The molecule has 2 heterocycles. The van der Waals surface area contributed by atoms with Crippen LogP contribution in [0.15, 0.2) is 95.7 Å². The molecular weight excluding hydrogens is 374 g/mol. The van der Waals surface area contributed by atoms with Crippen molar-refractivity contribution in [1.29, 1.82) is 0 Å². The van der Waals surface area contributed by atoms with Crippen molar-refractivity contribution in [3.8, 4) is 11.4 Å². The third-order valence-electron chi connectivity index (χ3n) is 4.85. The van der Waals surface area contributed by atoms with Gasteiger partial charge in [0.25, 0.3) is 0 Å². The zero-order valence-corrected chi connectivity index (χ0v) is 16.8. The fourth-order valence-corrected chi connectivity index (χ4v) is 3.10. The van der Waals surface area contributed by atoms with E-state index in [2.05, 4.69) is 19.1 Å². The van der Waals surface area contributed by atoms with E-state index in [0.717, 1.165) is 17.9 Å². The Balaban J connectivity index is 1.33. The lowest BCUT2D eigenvalue weighted by Gasteiger charge is -2.04. The molecule has 0 aliphatic heterocycles. The monoisotopic (exact) mass is 397 g/mol. The van der Waals surface area contributed by atoms with Gasteiger partial charge in [-0.2, -0.15) is 0 Å². The van der Waals surface area contributed by atoms with E-state index in [1.165, 1.54) is 11.6 Å². The number of allylic oxidation sites excluding steroid dienone is 1. The number of hydrogen-bond donors (Lipinski definition) is 0. The molecule has 2 aromatic carbocycles. The Bertz CT molecular complexity index is 1120. The zero-order valence-electron chi connectivity index (χ0n) is 16.8. The number of carbonyl (C=O) groups is 1. The summed E-state index contributed by atoms with van der Waals surface area (Å²) in [6.45, 7) is 2.46. The Kier molecular flexibility index (Phi) is 5.95. The van der Waals surface area contributed by atoms with E-state index in [-0.39, 0.29) is 5.78 Å². The lowest BCUT2D eigenvalue weighted by molar-refractivity contribution is 0.104. The predicted octanol–water partition coefficient (Wildman–Crippen LogP) is 6.11. The number of benzene rings is 2. The number of aryl methyl sites for hydroxylation is 1. The van der Waals surface area contributed by atoms with Crippen LogP contribution in [0.25, 0.3) is 11.8 Å². The van der Waals surface area contributed by atoms with Crippen molar-refractivity contribution in [3.63, 3.8) is 0 Å². The van der Waals surface area contributed by atoms with E-state index < -0.39 is 0 Å². The molecule has 0 N–H and O–H groups in total. The van der Waals surface area contributed by atoms with Crippen LogP contribution in [0.1, 0.15) is 34.4 Å². The highest BCUT2D eigenvalue weighted by Gasteiger charge is 2.05. The third-order valence-corrected chi connectivity index (χ3v) is 4.85. The molecule has 0 amide bonds. The summed E-state index contributed by atoms with van der Waals surface area (Å²) in [4.78, 5) is 12.4. The van der Waals surface area contributed by atoms with Crippen molar-refractivity contribution in [2.45, 2.75) is 20.0 Å². The van der Waals surface area contributed by atoms with Crippen molar-refractivity contribution in [1.82, 2.24) is 4.57 Å². The first-order chi connectivity index (χ1) is 14.7. The fourth-order valence-electron chi connectivity index (χ4n) is 3.10. The average Bonchev–Trinajstić information content (AvgIpc) is 3.49. The first-order valence-electron chi connectivity index (χ1n) is 9.97. The topological polar surface area (TPSA) is 44.4 Å². The van der Waals surface area contributed by atoms with Gasteiger partial charge in [0, 0.05) is 23.6 Å². The summed E-state index contributed by atoms with van der Waals surface area (Å²) in [6, 6.07) is 23.2. The van der Waals surface area contributed by atoms with Gasteiger partial charge in [-0.15, -0.1) is 0 Å². The van der Waals surface area contributed by atoms with Gasteiger partial charge in [-0.25, -0.2) is 0 Å². The number of nitrogens with zero attached hydrogens (tertiary/aromatic N) is 1. The molecule has 0 aliphatic carbocycles. The van der Waals surface area contributed by atoms with Gasteiger partial charge in [0.1, 0.15) is 23.9 Å². The summed E-state index contributed by atoms with van der Waals surface area (Å²) >= 11 is 0. The summed E-state index contributed by atoms with van der Waals surface area (Å²) < 4.78 is 13.5. The second-order valence-electron chi connectivity index (χ2n) is 6.93. The maximum absolute atomic E-state index is 12.4. The molecule has 0 radical (unpaired) electrons. The van der Waals surface area contributed by atoms with Crippen LogP contribution in [0.2, 0.25) is 0 Å². The van der Waals surface area contributed by atoms with Gasteiger partial charge in [0.05, 0.1) is 0 Å². The summed E-state index contributed by atoms with van der Waals surface area (Å²) in [7, 11) is 0. The Morgan fingerprint density at radius 1 is 0.967 bits per heavy atom. The third kappa shape index (κ3) is 4.78. The zero-order chi connectivity index (χ0) is 20.8. The standard InChI is InChI=1S/C26H23NO3/c1-2-20-5-11-23(12-6-20)29-19-25-14-13-24(30-25)15-16-26(28)21-7-9-22(10-8-21)27-17-3-4-18-27/h3-18H,2,19H2,1H3/b16-15+. The van der Waals surface area contributed by atoms with Gasteiger partial charge in [0.15, 0.2) is 5.78 Å². The molecule has 150 valence electrons. The molecule has 0 saturated heterocycles. The summed E-state index contributed by atoms with van der Waals surface area (Å²) in [6.07, 6.45) is 8.15. The van der Waals surface area contributed by atoms with E-state index in [1.54, 1.807) is 6.08 Å². The van der Waals surface area contributed by atoms with Gasteiger partial charge < -0.3 is 13.7 Å². The molecule has 2 aromatic heterocycles. The van der Waals surface area contributed by atoms with Crippen LogP contribution in [-0.4, -0.2) is 10.4 Å². The van der Waals surface area contributed by atoms with Gasteiger partial charge in [-0.05, 0) is 84.8 Å². The molecule has 0 spiro atoms. The average molecular weight is 397 g/mol. The predicted molar refractivity (Wildman–Crippen MR) is 118 cm³/mol. The summed E-state index contributed by atoms with van der Waals surface area (Å²) in [5.41, 5.74) is 2.92. The smallest absolute Gasteiger partial charge is 0.185 e. The number of rotatable bonds is 8. The van der Waals surface area contributed by atoms with E-state index >= 15 is 0 Å². The number of furan rings is 1. The number of ether oxygens (including phenoxy) is 1. The second kappa shape index (κ2) is 9.14. The molecule has 4 nitrogen and oxygen atoms in total. The number of ketones is 1. The van der Waals surface area contributed by atoms with E-state index in [0.29, 0.717) is 23.7 Å². The molecule has 4 rings (SSSR count). The molecule has 30 heavy (non-hydrogen) atoms. The van der Waals surface area contributed by atoms with Crippen LogP contribution >= 0.6 is 0 Å². The van der Waals surface area contributed by atoms with Gasteiger partial charge in [-0.1, -0.05) is 19.1 Å². The van der Waals surface area contributed by atoms with Crippen molar-refractivity contribution in [2.24, 2.45) is 0 Å². The lowest BCUT2D eigenvalue weighted by Crippen LogP contribution is -1.96. The molecular formula is C26H23NO3. The van der Waals surface area contributed by atoms with E-state index in [4.69, 9.17) is 9.15 Å². The van der Waals surface area contributed by atoms with Gasteiger partial charge in [-0.3, -0.25) is 4.79 Å². The first-order valence-corrected chi connectivity index (χ1v) is 9.97. The highest BCUT2D eigenvalue weighted by Crippen LogP contribution is 2.17. The molecule has 0 atom stereocenters. The second-order valence-corrected chi connectivity index (χ2v) is 6.93. The number of hydrogen-bond acceptors (Lipinski definition) is 3. The molecule has 0 aliphatic rings. The molecule has 4 aromatic rings. The molecule has 0 fully saturated rings.